The molecule has 1 aromatic rings. The summed E-state index contributed by atoms with van der Waals surface area (Å²) in [6.07, 6.45) is -0.118. The van der Waals surface area contributed by atoms with Crippen LogP contribution in [0.5, 0.6) is 0 Å². The molecule has 19 heavy (non-hydrogen) atoms. The maximum atomic E-state index is 12.4. The molecule has 0 bridgehead atoms. The van der Waals surface area contributed by atoms with Crippen LogP contribution in [0.4, 0.5) is 0 Å². The minimum atomic E-state index is -0.111. The third kappa shape index (κ3) is 3.63. The Morgan fingerprint density at radius 3 is 2.89 bits per heavy atom. The molecule has 1 heterocycles. The van der Waals surface area contributed by atoms with Crippen LogP contribution < -0.4 is 0 Å². The molecule has 0 N–H and O–H groups in total. The highest BCUT2D eigenvalue weighted by Crippen LogP contribution is 2.24. The highest BCUT2D eigenvalue weighted by Gasteiger charge is 2.28. The van der Waals surface area contributed by atoms with Gasteiger partial charge >= 0.3 is 0 Å². The molecule has 1 aliphatic rings. The second kappa shape index (κ2) is 6.44. The van der Waals surface area contributed by atoms with E-state index in [1.807, 2.05) is 6.92 Å². The highest BCUT2D eigenvalue weighted by atomic mass is 79.9. The molecule has 0 aromatic heterocycles. The number of hydrogen-bond donors (Lipinski definition) is 0. The first-order chi connectivity index (χ1) is 9.01. The van der Waals surface area contributed by atoms with Gasteiger partial charge in [-0.1, -0.05) is 11.6 Å². The number of benzene rings is 1. The van der Waals surface area contributed by atoms with Crippen molar-refractivity contribution in [2.24, 2.45) is 0 Å². The lowest BCUT2D eigenvalue weighted by Crippen LogP contribution is -2.49. The lowest BCUT2D eigenvalue weighted by Gasteiger charge is -2.36. The van der Waals surface area contributed by atoms with E-state index in [1.165, 1.54) is 0 Å². The summed E-state index contributed by atoms with van der Waals surface area (Å²) >= 11 is 15.1. The van der Waals surface area contributed by atoms with E-state index < -0.39 is 0 Å². The van der Waals surface area contributed by atoms with Crippen molar-refractivity contribution >= 4 is 45.0 Å². The Morgan fingerprint density at radius 1 is 1.53 bits per heavy atom. The number of hydrogen-bond acceptors (Lipinski definition) is 2. The van der Waals surface area contributed by atoms with E-state index >= 15 is 0 Å². The minimum Gasteiger partial charge on any atom is -0.370 e. The number of alkyl halides is 1. The Kier molecular flexibility index (Phi) is 5.12. The van der Waals surface area contributed by atoms with Crippen LogP contribution >= 0.6 is 39.1 Å². The third-order valence-electron chi connectivity index (χ3n) is 2.95. The van der Waals surface area contributed by atoms with Crippen LogP contribution in [0, 0.1) is 0 Å². The lowest BCUT2D eigenvalue weighted by atomic mass is 10.1. The van der Waals surface area contributed by atoms with Crippen molar-refractivity contribution in [3.05, 3.63) is 33.3 Å². The monoisotopic (exact) mass is 365 g/mol. The predicted octanol–water partition coefficient (Wildman–Crippen LogP) is 3.57. The second-order valence-electron chi connectivity index (χ2n) is 4.56. The molecule has 2 atom stereocenters. The molecule has 1 aromatic carbocycles. The van der Waals surface area contributed by atoms with Gasteiger partial charge in [-0.2, -0.15) is 0 Å². The maximum Gasteiger partial charge on any atom is 0.254 e. The van der Waals surface area contributed by atoms with Crippen molar-refractivity contribution in [2.45, 2.75) is 19.1 Å². The van der Waals surface area contributed by atoms with Crippen molar-refractivity contribution < 1.29 is 9.53 Å². The first kappa shape index (κ1) is 15.1. The molecular weight excluding hydrogens is 353 g/mol. The molecule has 1 fully saturated rings. The normalized spacial score (nSPS) is 23.5. The summed E-state index contributed by atoms with van der Waals surface area (Å²) in [7, 11) is 0. The number of ether oxygens (including phenoxy) is 1. The molecule has 3 nitrogen and oxygen atoms in total. The number of carbonyl (C=O) groups excluding carboxylic acids is 1. The molecule has 0 aliphatic carbocycles. The van der Waals surface area contributed by atoms with Crippen molar-refractivity contribution in [3.8, 4) is 0 Å². The van der Waals surface area contributed by atoms with E-state index in [0.29, 0.717) is 29.6 Å². The smallest absolute Gasteiger partial charge is 0.254 e. The van der Waals surface area contributed by atoms with Crippen LogP contribution in [0.3, 0.4) is 0 Å². The molecule has 2 rings (SSSR count). The van der Waals surface area contributed by atoms with Gasteiger partial charge in [-0.3, -0.25) is 4.79 Å². The molecule has 0 saturated carbocycles. The fourth-order valence-electron chi connectivity index (χ4n) is 2.11. The Labute approximate surface area is 130 Å². The van der Waals surface area contributed by atoms with Gasteiger partial charge in [0.15, 0.2) is 0 Å². The van der Waals surface area contributed by atoms with Gasteiger partial charge in [-0.15, -0.1) is 11.6 Å². The van der Waals surface area contributed by atoms with Gasteiger partial charge in [0.2, 0.25) is 0 Å². The van der Waals surface area contributed by atoms with Crippen LogP contribution in [0.15, 0.2) is 22.7 Å². The third-order valence-corrected chi connectivity index (χ3v) is 4.53. The van der Waals surface area contributed by atoms with Crippen molar-refractivity contribution in [1.82, 2.24) is 4.90 Å². The summed E-state index contributed by atoms with van der Waals surface area (Å²) in [5, 5.41) is 0.529. The van der Waals surface area contributed by atoms with Crippen molar-refractivity contribution in [1.29, 1.82) is 0 Å². The molecule has 1 saturated heterocycles. The highest BCUT2D eigenvalue weighted by molar-refractivity contribution is 9.10. The van der Waals surface area contributed by atoms with E-state index in [9.17, 15) is 4.79 Å². The predicted molar refractivity (Wildman–Crippen MR) is 80.1 cm³/mol. The van der Waals surface area contributed by atoms with Crippen molar-refractivity contribution in [2.75, 3.05) is 19.0 Å². The van der Waals surface area contributed by atoms with Gasteiger partial charge in [0.25, 0.3) is 5.91 Å². The van der Waals surface area contributed by atoms with E-state index in [1.54, 1.807) is 23.1 Å². The largest absolute Gasteiger partial charge is 0.370 e. The van der Waals surface area contributed by atoms with E-state index in [4.69, 9.17) is 27.9 Å². The molecule has 104 valence electrons. The number of rotatable bonds is 2. The maximum absolute atomic E-state index is 12.4. The standard InChI is InChI=1S/C13H14BrCl2NO2/c1-8-6-17(7-10(5-15)19-8)13(18)9-2-3-11(14)12(16)4-9/h2-4,8,10H,5-7H2,1H3. The topological polar surface area (TPSA) is 29.5 Å². The summed E-state index contributed by atoms with van der Waals surface area (Å²) in [6.45, 7) is 3.02. The Hall–Kier alpha value is -0.290. The SMILES string of the molecule is CC1CN(C(=O)c2ccc(Br)c(Cl)c2)CC(CCl)O1. The number of nitrogens with zero attached hydrogens (tertiary/aromatic N) is 1. The van der Waals surface area contributed by atoms with Crippen LogP contribution in [0.2, 0.25) is 5.02 Å². The number of halogens is 3. The fraction of sp³-hybridized carbons (Fsp3) is 0.462. The van der Waals surface area contributed by atoms with Gasteiger partial charge in [-0.25, -0.2) is 0 Å². The fourth-order valence-corrected chi connectivity index (χ4v) is 2.71. The summed E-state index contributed by atoms with van der Waals surface area (Å²) in [5.74, 6) is 0.342. The zero-order chi connectivity index (χ0) is 14.0. The van der Waals surface area contributed by atoms with E-state index in [0.717, 1.165) is 4.47 Å². The molecule has 1 aliphatic heterocycles. The van der Waals surface area contributed by atoms with Crippen LogP contribution in [-0.4, -0.2) is 42.0 Å². The zero-order valence-electron chi connectivity index (χ0n) is 10.4. The Morgan fingerprint density at radius 2 is 2.26 bits per heavy atom. The zero-order valence-corrected chi connectivity index (χ0v) is 13.5. The minimum absolute atomic E-state index is 0.00706. The summed E-state index contributed by atoms with van der Waals surface area (Å²) in [4.78, 5) is 14.2. The van der Waals surface area contributed by atoms with Crippen LogP contribution in [0.1, 0.15) is 17.3 Å². The molecule has 0 radical (unpaired) electrons. The molecule has 2 unspecified atom stereocenters. The molecule has 6 heteroatoms. The average Bonchev–Trinajstić information content (AvgIpc) is 2.40. The van der Waals surface area contributed by atoms with Gasteiger partial charge in [0.1, 0.15) is 0 Å². The van der Waals surface area contributed by atoms with E-state index in [2.05, 4.69) is 15.9 Å². The number of amides is 1. The Bertz CT molecular complexity index is 484. The molecule has 1 amide bonds. The Balaban J connectivity index is 2.16. The first-order valence-electron chi connectivity index (χ1n) is 5.97. The van der Waals surface area contributed by atoms with Crippen LogP contribution in [0.25, 0.3) is 0 Å². The van der Waals surface area contributed by atoms with E-state index in [-0.39, 0.29) is 18.1 Å². The van der Waals surface area contributed by atoms with Gasteiger partial charge in [0, 0.05) is 23.1 Å². The number of carbonyl (C=O) groups is 1. The lowest BCUT2D eigenvalue weighted by molar-refractivity contribution is -0.0570. The first-order valence-corrected chi connectivity index (χ1v) is 7.67. The van der Waals surface area contributed by atoms with Gasteiger partial charge in [0.05, 0.1) is 23.1 Å². The molecular formula is C13H14BrCl2NO2. The second-order valence-corrected chi connectivity index (χ2v) is 6.13. The summed E-state index contributed by atoms with van der Waals surface area (Å²) < 4.78 is 6.41. The number of morpholine rings is 1. The van der Waals surface area contributed by atoms with Gasteiger partial charge < -0.3 is 9.64 Å². The summed E-state index contributed by atoms with van der Waals surface area (Å²) in [6, 6.07) is 5.20. The van der Waals surface area contributed by atoms with Crippen LogP contribution in [-0.2, 0) is 4.74 Å². The molecule has 0 spiro atoms. The van der Waals surface area contributed by atoms with Gasteiger partial charge in [-0.05, 0) is 41.1 Å². The average molecular weight is 367 g/mol. The quantitative estimate of drug-likeness (QED) is 0.749. The summed E-state index contributed by atoms with van der Waals surface area (Å²) in [5.41, 5.74) is 0.579. The van der Waals surface area contributed by atoms with Crippen molar-refractivity contribution in [3.63, 3.8) is 0 Å².